The highest BCUT2D eigenvalue weighted by molar-refractivity contribution is 5.84. The first kappa shape index (κ1) is 30.3. The minimum Gasteiger partial charge on any atom is -1.00 e. The van der Waals surface area contributed by atoms with Crippen molar-refractivity contribution >= 4 is 10.9 Å². The lowest BCUT2D eigenvalue weighted by molar-refractivity contribution is -0.985. The fourth-order valence-electron chi connectivity index (χ4n) is 7.08. The van der Waals surface area contributed by atoms with Gasteiger partial charge in [-0.05, 0) is 53.4 Å². The second kappa shape index (κ2) is 12.6. The Hall–Kier alpha value is -3.20. The van der Waals surface area contributed by atoms with Crippen molar-refractivity contribution in [3.63, 3.8) is 0 Å². The van der Waals surface area contributed by atoms with Gasteiger partial charge in [0, 0.05) is 35.9 Å². The highest BCUT2D eigenvalue weighted by Crippen LogP contribution is 2.49. The van der Waals surface area contributed by atoms with Crippen molar-refractivity contribution in [2.75, 3.05) is 20.2 Å². The predicted octanol–water partition coefficient (Wildman–Crippen LogP) is 4.53. The van der Waals surface area contributed by atoms with Crippen LogP contribution < -0.4 is 21.7 Å². The van der Waals surface area contributed by atoms with E-state index in [0.717, 1.165) is 59.8 Å². The van der Waals surface area contributed by atoms with Crippen molar-refractivity contribution in [3.05, 3.63) is 120 Å². The van der Waals surface area contributed by atoms with Gasteiger partial charge in [0.2, 0.25) is 0 Å². The van der Waals surface area contributed by atoms with Crippen LogP contribution in [0.25, 0.3) is 10.9 Å². The number of aromatic nitrogens is 1. The average molecular weight is 640 g/mol. The molecule has 4 aromatic rings. The van der Waals surface area contributed by atoms with E-state index in [2.05, 4.69) is 11.6 Å². The third-order valence-electron chi connectivity index (χ3n) is 9.19. The van der Waals surface area contributed by atoms with Crippen molar-refractivity contribution < 1.29 is 44.1 Å². The lowest BCUT2D eigenvalue weighted by Crippen LogP contribution is -3.00. The number of ether oxygens (including phenoxy) is 2. The lowest BCUT2D eigenvalue weighted by Gasteiger charge is -2.58. The molecule has 2 bridgehead atoms. The zero-order valence-corrected chi connectivity index (χ0v) is 25.1. The molecular formula is C34H34BrF3N2O2. The maximum Gasteiger partial charge on any atom is 0.194 e. The van der Waals surface area contributed by atoms with E-state index in [-0.39, 0.29) is 47.2 Å². The molecule has 220 valence electrons. The second-order valence-electron chi connectivity index (χ2n) is 11.4. The molecule has 5 atom stereocenters. The molecule has 1 aromatic heterocycles. The zero-order chi connectivity index (χ0) is 28.6. The number of quaternary nitrogens is 1. The number of fused-ring (bicyclic) bond motifs is 4. The Balaban J connectivity index is 0.00000353. The molecule has 3 fully saturated rings. The molecule has 7 rings (SSSR count). The maximum absolute atomic E-state index is 15.1. The average Bonchev–Trinajstić information content (AvgIpc) is 3.02. The Bertz CT molecular complexity index is 1570. The molecule has 4 heterocycles. The highest BCUT2D eigenvalue weighted by atomic mass is 79.9. The lowest BCUT2D eigenvalue weighted by atomic mass is 9.71. The molecule has 3 aromatic carbocycles. The monoisotopic (exact) mass is 638 g/mol. The molecule has 0 aliphatic carbocycles. The Morgan fingerprint density at radius 2 is 1.86 bits per heavy atom. The van der Waals surface area contributed by atoms with Crippen molar-refractivity contribution in [2.45, 2.75) is 38.1 Å². The number of pyridine rings is 1. The standard InChI is InChI=1S/C34H34F3N2O2.BrH/c1-3-23-19-39(20-25-9-11-29(35)33(37)32(25)36)16-14-24(23)17-31(39)34(41-21-22-7-5-4-6-8-22)27-13-15-38-30-12-10-26(40-2)18-28(27)30;/h3-13,15,18,23-24,31,34H,1,14,16-17,19-21H2,2H3;1H/q+1;/p-1/t23-,24-,31+,34-,39-;/m0./s1. The van der Waals surface area contributed by atoms with E-state index in [1.807, 2.05) is 60.7 Å². The van der Waals surface area contributed by atoms with Gasteiger partial charge in [-0.2, -0.15) is 0 Å². The number of benzene rings is 3. The van der Waals surface area contributed by atoms with Crippen LogP contribution >= 0.6 is 0 Å². The van der Waals surface area contributed by atoms with Gasteiger partial charge < -0.3 is 30.9 Å². The summed E-state index contributed by atoms with van der Waals surface area (Å²) in [6.07, 6.45) is 5.23. The van der Waals surface area contributed by atoms with Crippen LogP contribution in [0.5, 0.6) is 5.75 Å². The van der Waals surface area contributed by atoms with Gasteiger partial charge in [-0.3, -0.25) is 4.98 Å². The van der Waals surface area contributed by atoms with Crippen LogP contribution in [0, 0.1) is 29.3 Å². The number of piperidine rings is 3. The largest absolute Gasteiger partial charge is 1.00 e. The molecule has 3 saturated heterocycles. The van der Waals surface area contributed by atoms with E-state index < -0.39 is 17.5 Å². The third-order valence-corrected chi connectivity index (χ3v) is 9.19. The van der Waals surface area contributed by atoms with Crippen LogP contribution in [0.4, 0.5) is 13.2 Å². The van der Waals surface area contributed by atoms with Crippen molar-refractivity contribution in [1.82, 2.24) is 4.98 Å². The summed E-state index contributed by atoms with van der Waals surface area (Å²) in [6.45, 7) is 6.25. The minimum absolute atomic E-state index is 0. The first-order valence-electron chi connectivity index (χ1n) is 14.1. The number of hydrogen-bond acceptors (Lipinski definition) is 3. The summed E-state index contributed by atoms with van der Waals surface area (Å²) in [5, 5.41) is 0.935. The molecule has 4 nitrogen and oxygen atoms in total. The maximum atomic E-state index is 15.1. The van der Waals surface area contributed by atoms with E-state index in [0.29, 0.717) is 17.0 Å². The first-order valence-corrected chi connectivity index (χ1v) is 14.1. The molecule has 42 heavy (non-hydrogen) atoms. The van der Waals surface area contributed by atoms with Gasteiger partial charge in [0.05, 0.1) is 32.3 Å². The Labute approximate surface area is 255 Å². The summed E-state index contributed by atoms with van der Waals surface area (Å²) in [7, 11) is 1.64. The van der Waals surface area contributed by atoms with Crippen molar-refractivity contribution in [3.8, 4) is 5.75 Å². The van der Waals surface area contributed by atoms with Crippen LogP contribution in [0.3, 0.4) is 0 Å². The topological polar surface area (TPSA) is 31.4 Å². The summed E-state index contributed by atoms with van der Waals surface area (Å²) in [5.41, 5.74) is 3.04. The van der Waals surface area contributed by atoms with Crippen LogP contribution in [0.2, 0.25) is 0 Å². The summed E-state index contributed by atoms with van der Waals surface area (Å²) >= 11 is 0. The van der Waals surface area contributed by atoms with E-state index in [4.69, 9.17) is 9.47 Å². The SMILES string of the molecule is C=C[C@H]1C[N@+]2(Cc3ccc(F)c(F)c3F)CC[C@H]1C[C@@H]2[C@@H](OCc1ccccc1)c1ccnc2ccc(OC)cc12.[Br-]. The quantitative estimate of drug-likeness (QED) is 0.153. The third kappa shape index (κ3) is 5.60. The molecule has 0 spiro atoms. The number of rotatable bonds is 9. The fourth-order valence-corrected chi connectivity index (χ4v) is 7.08. The van der Waals surface area contributed by atoms with E-state index in [1.165, 1.54) is 6.07 Å². The summed E-state index contributed by atoms with van der Waals surface area (Å²) in [4.78, 5) is 4.59. The van der Waals surface area contributed by atoms with Crippen molar-refractivity contribution in [2.24, 2.45) is 11.8 Å². The van der Waals surface area contributed by atoms with Gasteiger partial charge >= 0.3 is 0 Å². The fraction of sp³-hybridized carbons (Fsp3) is 0.324. The first-order chi connectivity index (χ1) is 19.9. The molecule has 0 radical (unpaired) electrons. The van der Waals surface area contributed by atoms with E-state index in [1.54, 1.807) is 13.3 Å². The zero-order valence-electron chi connectivity index (χ0n) is 23.5. The molecule has 3 aliphatic heterocycles. The predicted molar refractivity (Wildman–Crippen MR) is 152 cm³/mol. The molecule has 0 N–H and O–H groups in total. The molecular weight excluding hydrogens is 605 g/mol. The van der Waals surface area contributed by atoms with Crippen LogP contribution in [-0.2, 0) is 17.9 Å². The van der Waals surface area contributed by atoms with E-state index in [9.17, 15) is 8.78 Å². The highest BCUT2D eigenvalue weighted by Gasteiger charge is 2.55. The van der Waals surface area contributed by atoms with Crippen LogP contribution in [-0.4, -0.2) is 35.7 Å². The normalized spacial score (nSPS) is 23.8. The Kier molecular flexibility index (Phi) is 9.06. The molecule has 0 unspecified atom stereocenters. The number of methoxy groups -OCH3 is 1. The molecule has 8 heteroatoms. The summed E-state index contributed by atoms with van der Waals surface area (Å²) < 4.78 is 56.3. The molecule has 0 amide bonds. The van der Waals surface area contributed by atoms with Gasteiger partial charge in [-0.15, -0.1) is 6.58 Å². The van der Waals surface area contributed by atoms with Crippen LogP contribution in [0.1, 0.15) is 35.6 Å². The van der Waals surface area contributed by atoms with Gasteiger partial charge in [-0.1, -0.05) is 36.4 Å². The summed E-state index contributed by atoms with van der Waals surface area (Å²) in [5.74, 6) is -2.33. The van der Waals surface area contributed by atoms with Gasteiger partial charge in [0.15, 0.2) is 17.5 Å². The minimum atomic E-state index is -1.42. The number of hydrogen-bond donors (Lipinski definition) is 0. The van der Waals surface area contributed by atoms with Gasteiger partial charge in [0.1, 0.15) is 24.4 Å². The Morgan fingerprint density at radius 1 is 1.05 bits per heavy atom. The van der Waals surface area contributed by atoms with E-state index >= 15 is 4.39 Å². The van der Waals surface area contributed by atoms with Gasteiger partial charge in [-0.25, -0.2) is 13.2 Å². The van der Waals surface area contributed by atoms with Gasteiger partial charge in [0.25, 0.3) is 0 Å². The smallest absolute Gasteiger partial charge is 0.194 e. The number of nitrogens with zero attached hydrogens (tertiary/aromatic N) is 2. The van der Waals surface area contributed by atoms with Crippen LogP contribution in [0.15, 0.2) is 85.6 Å². The number of halogens is 4. The summed E-state index contributed by atoms with van der Waals surface area (Å²) in [6, 6.07) is 20.2. The molecule has 0 saturated carbocycles. The van der Waals surface area contributed by atoms with Crippen molar-refractivity contribution in [1.29, 1.82) is 0 Å². The Morgan fingerprint density at radius 3 is 2.62 bits per heavy atom. The molecule has 3 aliphatic rings. The second-order valence-corrected chi connectivity index (χ2v) is 11.4.